The highest BCUT2D eigenvalue weighted by Crippen LogP contribution is 2.25. The first kappa shape index (κ1) is 16.4. The maximum absolute atomic E-state index is 11.7. The van der Waals surface area contributed by atoms with Crippen molar-refractivity contribution in [3.05, 3.63) is 59.7 Å². The van der Waals surface area contributed by atoms with Crippen LogP contribution >= 0.6 is 0 Å². The molecule has 0 fully saturated rings. The van der Waals surface area contributed by atoms with Crippen LogP contribution in [-0.4, -0.2) is 32.9 Å². The number of carbonyl (C=O) groups excluding carboxylic acids is 1. The first-order valence-corrected chi connectivity index (χ1v) is 6.90. The van der Waals surface area contributed by atoms with Crippen LogP contribution in [0.4, 0.5) is 0 Å². The van der Waals surface area contributed by atoms with Crippen molar-refractivity contribution in [1.82, 2.24) is 5.32 Å². The van der Waals surface area contributed by atoms with Gasteiger partial charge < -0.3 is 25.7 Å². The Bertz CT molecular complexity index is 709. The van der Waals surface area contributed by atoms with Gasteiger partial charge in [0.25, 0.3) is 0 Å². The standard InChI is InChI=1S/C17H17NO5/c19-13-5-3-12(4-6-13)16(22)10-18-17(23)8-2-11-1-7-14(20)15(21)9-11/h1-9,16,19-22H,10H2,(H,18,23). The van der Waals surface area contributed by atoms with Crippen molar-refractivity contribution in [2.45, 2.75) is 6.10 Å². The molecular formula is C17H17NO5. The number of amides is 1. The highest BCUT2D eigenvalue weighted by atomic mass is 16.3. The van der Waals surface area contributed by atoms with Crippen LogP contribution in [-0.2, 0) is 4.79 Å². The molecule has 23 heavy (non-hydrogen) atoms. The fourth-order valence-corrected chi connectivity index (χ4v) is 1.89. The molecule has 1 unspecified atom stereocenters. The van der Waals surface area contributed by atoms with Gasteiger partial charge in [-0.15, -0.1) is 0 Å². The second-order valence-electron chi connectivity index (χ2n) is 4.93. The van der Waals surface area contributed by atoms with Crippen molar-refractivity contribution in [3.8, 4) is 17.2 Å². The Labute approximate surface area is 133 Å². The topological polar surface area (TPSA) is 110 Å². The zero-order valence-electron chi connectivity index (χ0n) is 12.2. The summed E-state index contributed by atoms with van der Waals surface area (Å²) in [6.45, 7) is 0.0226. The smallest absolute Gasteiger partial charge is 0.244 e. The summed E-state index contributed by atoms with van der Waals surface area (Å²) in [6, 6.07) is 10.2. The van der Waals surface area contributed by atoms with Gasteiger partial charge in [-0.05, 0) is 41.5 Å². The maximum Gasteiger partial charge on any atom is 0.244 e. The minimum atomic E-state index is -0.884. The van der Waals surface area contributed by atoms with E-state index >= 15 is 0 Å². The lowest BCUT2D eigenvalue weighted by atomic mass is 10.1. The number of nitrogens with one attached hydrogen (secondary N) is 1. The minimum absolute atomic E-state index is 0.0226. The third-order valence-electron chi connectivity index (χ3n) is 3.17. The van der Waals surface area contributed by atoms with Gasteiger partial charge in [0.2, 0.25) is 5.91 Å². The predicted molar refractivity (Wildman–Crippen MR) is 84.9 cm³/mol. The molecule has 0 aromatic heterocycles. The number of phenols is 3. The molecule has 5 N–H and O–H groups in total. The highest BCUT2D eigenvalue weighted by molar-refractivity contribution is 5.91. The van der Waals surface area contributed by atoms with Crippen molar-refractivity contribution in [1.29, 1.82) is 0 Å². The van der Waals surface area contributed by atoms with Gasteiger partial charge in [-0.2, -0.15) is 0 Å². The number of phenolic OH excluding ortho intramolecular Hbond substituents is 3. The molecule has 0 saturated heterocycles. The van der Waals surface area contributed by atoms with Crippen LogP contribution in [0.2, 0.25) is 0 Å². The zero-order valence-corrected chi connectivity index (χ0v) is 12.2. The summed E-state index contributed by atoms with van der Waals surface area (Å²) >= 11 is 0. The molecule has 6 nitrogen and oxygen atoms in total. The number of carbonyl (C=O) groups is 1. The van der Waals surface area contributed by atoms with Gasteiger partial charge in [0, 0.05) is 12.6 Å². The Balaban J connectivity index is 1.88. The Morgan fingerprint density at radius 1 is 1.04 bits per heavy atom. The van der Waals surface area contributed by atoms with E-state index in [9.17, 15) is 25.2 Å². The average molecular weight is 315 g/mol. The van der Waals surface area contributed by atoms with E-state index in [-0.39, 0.29) is 23.8 Å². The van der Waals surface area contributed by atoms with E-state index < -0.39 is 12.0 Å². The van der Waals surface area contributed by atoms with E-state index in [1.54, 1.807) is 18.2 Å². The largest absolute Gasteiger partial charge is 0.508 e. The number of aliphatic hydroxyl groups is 1. The molecule has 6 heteroatoms. The number of hydrogen-bond acceptors (Lipinski definition) is 5. The van der Waals surface area contributed by atoms with Gasteiger partial charge in [-0.25, -0.2) is 0 Å². The van der Waals surface area contributed by atoms with Crippen LogP contribution in [0.5, 0.6) is 17.2 Å². The lowest BCUT2D eigenvalue weighted by Gasteiger charge is -2.11. The highest BCUT2D eigenvalue weighted by Gasteiger charge is 2.08. The number of hydrogen-bond donors (Lipinski definition) is 5. The second kappa shape index (κ2) is 7.33. The predicted octanol–water partition coefficient (Wildman–Crippen LogP) is 1.67. The molecule has 0 aliphatic rings. The van der Waals surface area contributed by atoms with Crippen LogP contribution < -0.4 is 5.32 Å². The minimum Gasteiger partial charge on any atom is -0.508 e. The van der Waals surface area contributed by atoms with Crippen molar-refractivity contribution in [3.63, 3.8) is 0 Å². The second-order valence-corrected chi connectivity index (χ2v) is 4.93. The van der Waals surface area contributed by atoms with Gasteiger partial charge in [-0.1, -0.05) is 18.2 Å². The SMILES string of the molecule is O=C(C=Cc1ccc(O)c(O)c1)NCC(O)c1ccc(O)cc1. The molecule has 0 aliphatic carbocycles. The summed E-state index contributed by atoms with van der Waals surface area (Å²) in [5.41, 5.74) is 1.13. The monoisotopic (exact) mass is 315 g/mol. The lowest BCUT2D eigenvalue weighted by Crippen LogP contribution is -2.26. The Morgan fingerprint density at radius 3 is 2.39 bits per heavy atom. The molecule has 1 amide bonds. The van der Waals surface area contributed by atoms with Crippen molar-refractivity contribution >= 4 is 12.0 Å². The van der Waals surface area contributed by atoms with Crippen LogP contribution in [0.3, 0.4) is 0 Å². The summed E-state index contributed by atoms with van der Waals surface area (Å²) in [4.78, 5) is 11.7. The average Bonchev–Trinajstić information content (AvgIpc) is 2.54. The van der Waals surface area contributed by atoms with Crippen molar-refractivity contribution in [2.75, 3.05) is 6.54 Å². The van der Waals surface area contributed by atoms with Crippen LogP contribution in [0.25, 0.3) is 6.08 Å². The molecule has 0 bridgehead atoms. The number of rotatable bonds is 5. The molecule has 0 saturated carbocycles. The number of aromatic hydroxyl groups is 3. The fraction of sp³-hybridized carbons (Fsp3) is 0.118. The van der Waals surface area contributed by atoms with E-state index in [2.05, 4.69) is 5.32 Å². The van der Waals surface area contributed by atoms with Crippen molar-refractivity contribution in [2.24, 2.45) is 0 Å². The van der Waals surface area contributed by atoms with E-state index in [4.69, 9.17) is 0 Å². The first-order valence-electron chi connectivity index (χ1n) is 6.90. The molecule has 0 spiro atoms. The molecule has 0 aliphatic heterocycles. The molecule has 0 radical (unpaired) electrons. The van der Waals surface area contributed by atoms with E-state index in [0.29, 0.717) is 11.1 Å². The van der Waals surface area contributed by atoms with E-state index in [1.165, 1.54) is 36.4 Å². The maximum atomic E-state index is 11.7. The van der Waals surface area contributed by atoms with Gasteiger partial charge in [0.1, 0.15) is 5.75 Å². The normalized spacial score (nSPS) is 12.2. The number of aliphatic hydroxyl groups excluding tert-OH is 1. The molecule has 2 aromatic rings. The fourth-order valence-electron chi connectivity index (χ4n) is 1.89. The van der Waals surface area contributed by atoms with Crippen LogP contribution in [0, 0.1) is 0 Å². The molecule has 1 atom stereocenters. The Kier molecular flexibility index (Phi) is 5.22. The first-order chi connectivity index (χ1) is 11.0. The summed E-state index contributed by atoms with van der Waals surface area (Å²) in [7, 11) is 0. The Morgan fingerprint density at radius 2 is 1.74 bits per heavy atom. The van der Waals surface area contributed by atoms with Crippen molar-refractivity contribution < 1.29 is 25.2 Å². The van der Waals surface area contributed by atoms with Crippen LogP contribution in [0.15, 0.2) is 48.5 Å². The summed E-state index contributed by atoms with van der Waals surface area (Å²) in [5.74, 6) is -0.806. The van der Waals surface area contributed by atoms with Gasteiger partial charge in [-0.3, -0.25) is 4.79 Å². The van der Waals surface area contributed by atoms with E-state index in [0.717, 1.165) is 0 Å². The lowest BCUT2D eigenvalue weighted by molar-refractivity contribution is -0.116. The molecular weight excluding hydrogens is 298 g/mol. The quantitative estimate of drug-likeness (QED) is 0.426. The third kappa shape index (κ3) is 4.76. The molecule has 2 aromatic carbocycles. The summed E-state index contributed by atoms with van der Waals surface area (Å²) in [6.07, 6.45) is 1.85. The third-order valence-corrected chi connectivity index (χ3v) is 3.17. The van der Waals surface area contributed by atoms with Gasteiger partial charge in [0.15, 0.2) is 11.5 Å². The van der Waals surface area contributed by atoms with Gasteiger partial charge >= 0.3 is 0 Å². The Hall–Kier alpha value is -2.99. The van der Waals surface area contributed by atoms with Crippen LogP contribution in [0.1, 0.15) is 17.2 Å². The summed E-state index contributed by atoms with van der Waals surface area (Å²) in [5, 5.41) is 40.2. The van der Waals surface area contributed by atoms with E-state index in [1.807, 2.05) is 0 Å². The molecule has 0 heterocycles. The molecule has 120 valence electrons. The van der Waals surface area contributed by atoms with Gasteiger partial charge in [0.05, 0.1) is 6.10 Å². The summed E-state index contributed by atoms with van der Waals surface area (Å²) < 4.78 is 0. The zero-order chi connectivity index (χ0) is 16.8. The number of benzene rings is 2. The molecule has 2 rings (SSSR count).